The Kier molecular flexibility index (Phi) is 4.02. The minimum absolute atomic E-state index is 0.331. The molecule has 0 rings (SSSR count). The lowest BCUT2D eigenvalue weighted by molar-refractivity contribution is 0.243. The molecule has 10 heavy (non-hydrogen) atoms. The Morgan fingerprint density at radius 1 is 1.50 bits per heavy atom. The highest BCUT2D eigenvalue weighted by Crippen LogP contribution is 2.29. The first-order chi connectivity index (χ1) is 4.54. The van der Waals surface area contributed by atoms with Crippen LogP contribution in [0.25, 0.3) is 0 Å². The van der Waals surface area contributed by atoms with E-state index in [4.69, 9.17) is 0 Å². The van der Waals surface area contributed by atoms with Crippen LogP contribution >= 0.6 is 0 Å². The van der Waals surface area contributed by atoms with E-state index >= 15 is 0 Å². The predicted octanol–water partition coefficient (Wildman–Crippen LogP) is 2.49. The third-order valence-electron chi connectivity index (χ3n) is 2.56. The molecular formula is C8H17OS+. The van der Waals surface area contributed by atoms with Crippen LogP contribution in [0.2, 0.25) is 0 Å². The predicted molar refractivity (Wildman–Crippen MR) is 46.2 cm³/mol. The SMILES string of the molecule is CCC(C)(C)C(C)C[S+]=O. The Hall–Kier alpha value is 0.0200. The van der Waals surface area contributed by atoms with Gasteiger partial charge in [-0.05, 0) is 5.41 Å². The summed E-state index contributed by atoms with van der Waals surface area (Å²) >= 11 is 0.702. The molecule has 0 aromatic rings. The molecule has 0 bridgehead atoms. The third-order valence-corrected chi connectivity index (χ3v) is 3.20. The zero-order valence-electron chi connectivity index (χ0n) is 7.31. The van der Waals surface area contributed by atoms with Gasteiger partial charge >= 0.3 is 11.7 Å². The van der Waals surface area contributed by atoms with Gasteiger partial charge in [-0.3, -0.25) is 0 Å². The van der Waals surface area contributed by atoms with Gasteiger partial charge in [0, 0.05) is 10.1 Å². The van der Waals surface area contributed by atoms with Crippen LogP contribution in [0.3, 0.4) is 0 Å². The van der Waals surface area contributed by atoms with Gasteiger partial charge in [-0.1, -0.05) is 34.1 Å². The first-order valence-electron chi connectivity index (χ1n) is 3.79. The van der Waals surface area contributed by atoms with Gasteiger partial charge in [-0.2, -0.15) is 0 Å². The van der Waals surface area contributed by atoms with Crippen molar-refractivity contribution in [3.05, 3.63) is 0 Å². The van der Waals surface area contributed by atoms with Crippen molar-refractivity contribution in [2.45, 2.75) is 34.1 Å². The van der Waals surface area contributed by atoms with Crippen LogP contribution in [0.5, 0.6) is 0 Å². The Balaban J connectivity index is 3.89. The summed E-state index contributed by atoms with van der Waals surface area (Å²) in [5.41, 5.74) is 0.331. The lowest BCUT2D eigenvalue weighted by Gasteiger charge is -2.25. The molecule has 0 amide bonds. The van der Waals surface area contributed by atoms with Crippen LogP contribution < -0.4 is 0 Å². The zero-order valence-corrected chi connectivity index (χ0v) is 8.12. The molecule has 0 aliphatic carbocycles. The van der Waals surface area contributed by atoms with Crippen molar-refractivity contribution in [2.24, 2.45) is 11.3 Å². The van der Waals surface area contributed by atoms with E-state index in [1.165, 1.54) is 0 Å². The van der Waals surface area contributed by atoms with Crippen molar-refractivity contribution in [1.29, 1.82) is 0 Å². The van der Waals surface area contributed by atoms with E-state index in [2.05, 4.69) is 27.7 Å². The minimum Gasteiger partial charge on any atom is -0.0649 e. The third kappa shape index (κ3) is 2.74. The molecule has 0 aromatic heterocycles. The van der Waals surface area contributed by atoms with Crippen molar-refractivity contribution in [3.63, 3.8) is 0 Å². The van der Waals surface area contributed by atoms with Crippen LogP contribution in [0.15, 0.2) is 0 Å². The first kappa shape index (κ1) is 10.0. The molecule has 0 fully saturated rings. The Bertz CT molecular complexity index is 110. The Morgan fingerprint density at radius 2 is 2.00 bits per heavy atom. The smallest absolute Gasteiger partial charge is 0.0649 e. The molecule has 60 valence electrons. The summed E-state index contributed by atoms with van der Waals surface area (Å²) in [6.07, 6.45) is 1.15. The molecule has 0 saturated carbocycles. The van der Waals surface area contributed by atoms with Crippen molar-refractivity contribution >= 4 is 11.7 Å². The van der Waals surface area contributed by atoms with E-state index in [1.807, 2.05) is 0 Å². The zero-order chi connectivity index (χ0) is 8.20. The van der Waals surface area contributed by atoms with E-state index in [-0.39, 0.29) is 0 Å². The Labute approximate surface area is 67.7 Å². The molecular weight excluding hydrogens is 144 g/mol. The molecule has 0 heterocycles. The van der Waals surface area contributed by atoms with Crippen molar-refractivity contribution in [1.82, 2.24) is 0 Å². The van der Waals surface area contributed by atoms with Crippen LogP contribution in [0.4, 0.5) is 0 Å². The second kappa shape index (κ2) is 4.02. The largest absolute Gasteiger partial charge is 0.458 e. The van der Waals surface area contributed by atoms with E-state index in [1.54, 1.807) is 0 Å². The van der Waals surface area contributed by atoms with E-state index < -0.39 is 0 Å². The van der Waals surface area contributed by atoms with Crippen molar-refractivity contribution < 1.29 is 4.21 Å². The standard InChI is InChI=1S/C8H17OS/c1-5-8(3,4)7(2)6-10-9/h7H,5-6H2,1-4H3/q+1. The van der Waals surface area contributed by atoms with Gasteiger partial charge in [-0.15, -0.1) is 0 Å². The van der Waals surface area contributed by atoms with E-state index in [0.717, 1.165) is 12.2 Å². The van der Waals surface area contributed by atoms with Gasteiger partial charge in [0.15, 0.2) is 0 Å². The first-order valence-corrected chi connectivity index (χ1v) is 4.70. The maximum atomic E-state index is 10.2. The fourth-order valence-corrected chi connectivity index (χ4v) is 1.33. The summed E-state index contributed by atoms with van der Waals surface area (Å²) in [6, 6.07) is 0. The molecule has 0 N–H and O–H groups in total. The fraction of sp³-hybridized carbons (Fsp3) is 1.00. The lowest BCUT2D eigenvalue weighted by Crippen LogP contribution is -2.23. The summed E-state index contributed by atoms with van der Waals surface area (Å²) in [7, 11) is 0. The fourth-order valence-electron chi connectivity index (χ4n) is 0.676. The maximum Gasteiger partial charge on any atom is 0.458 e. The Morgan fingerprint density at radius 3 is 2.30 bits per heavy atom. The summed E-state index contributed by atoms with van der Waals surface area (Å²) < 4.78 is 10.2. The summed E-state index contributed by atoms with van der Waals surface area (Å²) in [4.78, 5) is 0. The van der Waals surface area contributed by atoms with Gasteiger partial charge in [0.2, 0.25) is 5.75 Å². The molecule has 0 saturated heterocycles. The highest BCUT2D eigenvalue weighted by atomic mass is 32.1. The monoisotopic (exact) mass is 161 g/mol. The van der Waals surface area contributed by atoms with Gasteiger partial charge < -0.3 is 0 Å². The number of hydrogen-bond acceptors (Lipinski definition) is 1. The molecule has 1 atom stereocenters. The quantitative estimate of drug-likeness (QED) is 0.579. The van der Waals surface area contributed by atoms with E-state index in [9.17, 15) is 4.21 Å². The second-order valence-corrected chi connectivity index (χ2v) is 4.10. The number of hydrogen-bond donors (Lipinski definition) is 0. The summed E-state index contributed by atoms with van der Waals surface area (Å²) in [5.74, 6) is 1.26. The normalized spacial score (nSPS) is 14.8. The topological polar surface area (TPSA) is 17.1 Å². The highest BCUT2D eigenvalue weighted by molar-refractivity contribution is 7.65. The second-order valence-electron chi connectivity index (χ2n) is 3.53. The maximum absolute atomic E-state index is 10.2. The molecule has 0 aliphatic heterocycles. The van der Waals surface area contributed by atoms with Crippen LogP contribution in [0, 0.1) is 11.3 Å². The molecule has 1 nitrogen and oxygen atoms in total. The van der Waals surface area contributed by atoms with Gasteiger partial charge in [0.1, 0.15) is 0 Å². The average molecular weight is 161 g/mol. The molecule has 0 radical (unpaired) electrons. The van der Waals surface area contributed by atoms with E-state index in [0.29, 0.717) is 23.0 Å². The molecule has 1 unspecified atom stereocenters. The number of rotatable bonds is 4. The van der Waals surface area contributed by atoms with Crippen LogP contribution in [-0.2, 0) is 15.9 Å². The van der Waals surface area contributed by atoms with Crippen molar-refractivity contribution in [3.8, 4) is 0 Å². The summed E-state index contributed by atoms with van der Waals surface area (Å²) in [5, 5.41) is 0. The van der Waals surface area contributed by atoms with Gasteiger partial charge in [0.05, 0.1) is 0 Å². The van der Waals surface area contributed by atoms with Crippen LogP contribution in [0.1, 0.15) is 34.1 Å². The van der Waals surface area contributed by atoms with Gasteiger partial charge in [0.25, 0.3) is 0 Å². The molecule has 0 aliphatic rings. The molecule has 0 aromatic carbocycles. The summed E-state index contributed by atoms with van der Waals surface area (Å²) in [6.45, 7) is 8.75. The van der Waals surface area contributed by atoms with Gasteiger partial charge in [-0.25, -0.2) is 0 Å². The molecule has 0 spiro atoms. The molecule has 2 heteroatoms. The highest BCUT2D eigenvalue weighted by Gasteiger charge is 2.27. The van der Waals surface area contributed by atoms with Crippen LogP contribution in [-0.4, -0.2) is 5.75 Å². The lowest BCUT2D eigenvalue weighted by atomic mass is 9.79. The average Bonchev–Trinajstić information content (AvgIpc) is 1.89. The van der Waals surface area contributed by atoms with Crippen molar-refractivity contribution in [2.75, 3.05) is 5.75 Å². The minimum atomic E-state index is 0.331.